The van der Waals surface area contributed by atoms with Crippen molar-refractivity contribution in [3.05, 3.63) is 23.8 Å². The van der Waals surface area contributed by atoms with Crippen LogP contribution >= 0.6 is 0 Å². The summed E-state index contributed by atoms with van der Waals surface area (Å²) in [6.07, 6.45) is 0. The predicted molar refractivity (Wildman–Crippen MR) is 71.7 cm³/mol. The second-order valence-electron chi connectivity index (χ2n) is 5.07. The van der Waals surface area contributed by atoms with Crippen LogP contribution in [0.25, 0.3) is 0 Å². The van der Waals surface area contributed by atoms with Crippen LogP contribution in [-0.2, 0) is 9.59 Å². The van der Waals surface area contributed by atoms with Gasteiger partial charge >= 0.3 is 0 Å². The first-order valence-electron chi connectivity index (χ1n) is 6.11. The van der Waals surface area contributed by atoms with Crippen molar-refractivity contribution in [2.24, 2.45) is 5.92 Å². The van der Waals surface area contributed by atoms with E-state index in [4.69, 9.17) is 0 Å². The smallest absolute Gasteiger partial charge is 0.234 e. The van der Waals surface area contributed by atoms with E-state index in [9.17, 15) is 9.59 Å². The van der Waals surface area contributed by atoms with E-state index in [0.717, 1.165) is 16.9 Å². The van der Waals surface area contributed by atoms with Crippen molar-refractivity contribution in [3.63, 3.8) is 0 Å². The van der Waals surface area contributed by atoms with E-state index in [0.29, 0.717) is 0 Å². The molecule has 0 aromatic heterocycles. The first kappa shape index (κ1) is 12.6. The minimum Gasteiger partial charge on any atom is -0.326 e. The molecule has 0 bridgehead atoms. The number of benzene rings is 1. The molecule has 0 fully saturated rings. The van der Waals surface area contributed by atoms with Crippen LogP contribution in [0.2, 0.25) is 0 Å². The molecule has 1 unspecified atom stereocenters. The van der Waals surface area contributed by atoms with Crippen molar-refractivity contribution in [1.82, 2.24) is 0 Å². The molecular weight excluding hydrogens is 228 g/mol. The molecule has 2 rings (SSSR count). The minimum atomic E-state index is -0.112. The number of rotatable bonds is 2. The van der Waals surface area contributed by atoms with Crippen LogP contribution in [0.15, 0.2) is 18.2 Å². The number of anilines is 2. The quantitative estimate of drug-likeness (QED) is 0.870. The molecule has 1 heterocycles. The van der Waals surface area contributed by atoms with Gasteiger partial charge in [0.25, 0.3) is 0 Å². The molecule has 2 amide bonds. The van der Waals surface area contributed by atoms with E-state index in [1.54, 1.807) is 11.9 Å². The third-order valence-electron chi connectivity index (χ3n) is 3.31. The fraction of sp³-hybridized carbons (Fsp3) is 0.429. The molecule has 1 aromatic carbocycles. The SMILES string of the molecule is CC(=O)Nc1ccc2c(c1)C(C(C)C)C(=O)N2C. The summed E-state index contributed by atoms with van der Waals surface area (Å²) in [6.45, 7) is 5.55. The van der Waals surface area contributed by atoms with E-state index in [2.05, 4.69) is 5.32 Å². The molecule has 1 aliphatic heterocycles. The van der Waals surface area contributed by atoms with Crippen LogP contribution in [0.1, 0.15) is 32.3 Å². The van der Waals surface area contributed by atoms with Gasteiger partial charge in [-0.1, -0.05) is 13.8 Å². The normalized spacial score (nSPS) is 18.2. The zero-order valence-electron chi connectivity index (χ0n) is 11.2. The van der Waals surface area contributed by atoms with Gasteiger partial charge in [-0.2, -0.15) is 0 Å². The van der Waals surface area contributed by atoms with Crippen LogP contribution in [0.4, 0.5) is 11.4 Å². The Morgan fingerprint density at radius 3 is 2.61 bits per heavy atom. The number of nitrogens with one attached hydrogen (secondary N) is 1. The lowest BCUT2D eigenvalue weighted by molar-refractivity contribution is -0.119. The highest BCUT2D eigenvalue weighted by Crippen LogP contribution is 2.41. The van der Waals surface area contributed by atoms with Crippen molar-refractivity contribution in [3.8, 4) is 0 Å². The Hall–Kier alpha value is -1.84. The molecule has 1 atom stereocenters. The molecule has 1 aliphatic rings. The van der Waals surface area contributed by atoms with Gasteiger partial charge in [-0.3, -0.25) is 9.59 Å². The Labute approximate surface area is 107 Å². The van der Waals surface area contributed by atoms with E-state index >= 15 is 0 Å². The molecule has 4 nitrogen and oxygen atoms in total. The third kappa shape index (κ3) is 1.98. The Kier molecular flexibility index (Phi) is 3.11. The van der Waals surface area contributed by atoms with Crippen LogP contribution in [0.5, 0.6) is 0 Å². The maximum Gasteiger partial charge on any atom is 0.234 e. The maximum absolute atomic E-state index is 12.2. The van der Waals surface area contributed by atoms with Crippen LogP contribution < -0.4 is 10.2 Å². The average molecular weight is 246 g/mol. The number of hydrogen-bond donors (Lipinski definition) is 1. The van der Waals surface area contributed by atoms with Gasteiger partial charge < -0.3 is 10.2 Å². The van der Waals surface area contributed by atoms with Crippen molar-refractivity contribution < 1.29 is 9.59 Å². The largest absolute Gasteiger partial charge is 0.326 e. The Bertz CT molecular complexity index is 509. The summed E-state index contributed by atoms with van der Waals surface area (Å²) in [5.41, 5.74) is 2.69. The zero-order chi connectivity index (χ0) is 13.4. The molecular formula is C14H18N2O2. The number of carbonyl (C=O) groups is 2. The summed E-state index contributed by atoms with van der Waals surface area (Å²) >= 11 is 0. The molecule has 4 heteroatoms. The summed E-state index contributed by atoms with van der Waals surface area (Å²) in [7, 11) is 1.79. The van der Waals surface area contributed by atoms with Gasteiger partial charge in [0, 0.05) is 25.3 Å². The predicted octanol–water partition coefficient (Wildman–Crippen LogP) is 2.36. The number of carbonyl (C=O) groups excluding carboxylic acids is 2. The highest BCUT2D eigenvalue weighted by Gasteiger charge is 2.37. The second kappa shape index (κ2) is 4.44. The molecule has 18 heavy (non-hydrogen) atoms. The van der Waals surface area contributed by atoms with Crippen molar-refractivity contribution in [2.75, 3.05) is 17.3 Å². The number of fused-ring (bicyclic) bond motifs is 1. The fourth-order valence-corrected chi connectivity index (χ4v) is 2.49. The molecule has 0 radical (unpaired) electrons. The molecule has 0 saturated carbocycles. The van der Waals surface area contributed by atoms with Crippen molar-refractivity contribution in [1.29, 1.82) is 0 Å². The van der Waals surface area contributed by atoms with Gasteiger partial charge in [-0.05, 0) is 29.7 Å². The summed E-state index contributed by atoms with van der Waals surface area (Å²) < 4.78 is 0. The van der Waals surface area contributed by atoms with Crippen molar-refractivity contribution >= 4 is 23.2 Å². The van der Waals surface area contributed by atoms with Gasteiger partial charge in [0.1, 0.15) is 0 Å². The Morgan fingerprint density at radius 1 is 1.39 bits per heavy atom. The van der Waals surface area contributed by atoms with E-state index in [-0.39, 0.29) is 23.7 Å². The lowest BCUT2D eigenvalue weighted by Gasteiger charge is -2.14. The Balaban J connectivity index is 2.45. The summed E-state index contributed by atoms with van der Waals surface area (Å²) in [6, 6.07) is 5.62. The van der Waals surface area contributed by atoms with Crippen LogP contribution in [0.3, 0.4) is 0 Å². The highest BCUT2D eigenvalue weighted by atomic mass is 16.2. The lowest BCUT2D eigenvalue weighted by atomic mass is 9.89. The summed E-state index contributed by atoms with van der Waals surface area (Å²) in [5, 5.41) is 2.75. The number of nitrogens with zero attached hydrogens (tertiary/aromatic N) is 1. The molecule has 0 saturated heterocycles. The molecule has 0 spiro atoms. The van der Waals surface area contributed by atoms with E-state index < -0.39 is 0 Å². The van der Waals surface area contributed by atoms with Gasteiger partial charge in [-0.25, -0.2) is 0 Å². The average Bonchev–Trinajstić information content (AvgIpc) is 2.50. The molecule has 96 valence electrons. The van der Waals surface area contributed by atoms with Crippen LogP contribution in [-0.4, -0.2) is 18.9 Å². The standard InChI is InChI=1S/C14H18N2O2/c1-8(2)13-11-7-10(15-9(3)17)5-6-12(11)16(4)14(13)18/h5-8,13H,1-4H3,(H,15,17). The fourth-order valence-electron chi connectivity index (χ4n) is 2.49. The third-order valence-corrected chi connectivity index (χ3v) is 3.31. The molecule has 1 aromatic rings. The number of amides is 2. The Morgan fingerprint density at radius 2 is 2.06 bits per heavy atom. The maximum atomic E-state index is 12.2. The van der Waals surface area contributed by atoms with Gasteiger partial charge in [0.2, 0.25) is 11.8 Å². The first-order chi connectivity index (χ1) is 8.41. The lowest BCUT2D eigenvalue weighted by Crippen LogP contribution is -2.26. The van der Waals surface area contributed by atoms with Gasteiger partial charge in [0.05, 0.1) is 5.92 Å². The van der Waals surface area contributed by atoms with E-state index in [1.165, 1.54) is 6.92 Å². The number of likely N-dealkylation sites (N-methyl/N-ethyl adjacent to an activating group) is 1. The zero-order valence-corrected chi connectivity index (χ0v) is 11.2. The van der Waals surface area contributed by atoms with Gasteiger partial charge in [0.15, 0.2) is 0 Å². The van der Waals surface area contributed by atoms with E-state index in [1.807, 2.05) is 32.0 Å². The molecule has 1 N–H and O–H groups in total. The second-order valence-corrected chi connectivity index (χ2v) is 5.07. The number of hydrogen-bond acceptors (Lipinski definition) is 2. The molecule has 0 aliphatic carbocycles. The summed E-state index contributed by atoms with van der Waals surface area (Å²) in [4.78, 5) is 24.9. The van der Waals surface area contributed by atoms with Crippen molar-refractivity contribution in [2.45, 2.75) is 26.7 Å². The van der Waals surface area contributed by atoms with Gasteiger partial charge in [-0.15, -0.1) is 0 Å². The summed E-state index contributed by atoms with van der Waals surface area (Å²) in [5.74, 6) is 0.154. The highest BCUT2D eigenvalue weighted by molar-refractivity contribution is 6.05. The minimum absolute atomic E-state index is 0.103. The van der Waals surface area contributed by atoms with Crippen LogP contribution in [0, 0.1) is 5.92 Å². The topological polar surface area (TPSA) is 49.4 Å². The monoisotopic (exact) mass is 246 g/mol. The first-order valence-corrected chi connectivity index (χ1v) is 6.11.